The molecule has 19 heavy (non-hydrogen) atoms. The van der Waals surface area contributed by atoms with Crippen molar-refractivity contribution in [2.75, 3.05) is 26.4 Å². The minimum atomic E-state index is 0.572. The van der Waals surface area contributed by atoms with Gasteiger partial charge in [0.15, 0.2) is 0 Å². The Balaban J connectivity index is 2.38. The highest BCUT2D eigenvalue weighted by atomic mass is 15.1. The van der Waals surface area contributed by atoms with Gasteiger partial charge in [0.05, 0.1) is 5.69 Å². The topological polar surface area (TPSA) is 55.0 Å². The van der Waals surface area contributed by atoms with Gasteiger partial charge in [-0.05, 0) is 21.0 Å². The molecule has 100 valence electrons. The Morgan fingerprint density at radius 2 is 1.79 bits per heavy atom. The summed E-state index contributed by atoms with van der Waals surface area (Å²) in [7, 11) is 4.07. The fraction of sp³-hybridized carbons (Fsp3) is 0.333. The molecule has 0 amide bonds. The smallest absolute Gasteiger partial charge is 0.132 e. The van der Waals surface area contributed by atoms with Gasteiger partial charge < -0.3 is 10.6 Å². The number of rotatable bonds is 4. The molecule has 0 unspecified atom stereocenters. The fourth-order valence-electron chi connectivity index (χ4n) is 1.89. The average molecular weight is 256 g/mol. The highest BCUT2D eigenvalue weighted by Crippen LogP contribution is 2.24. The number of nitrogen functional groups attached to an aromatic ring is 1. The van der Waals surface area contributed by atoms with Gasteiger partial charge in [0.2, 0.25) is 0 Å². The van der Waals surface area contributed by atoms with Crippen LogP contribution in [-0.2, 0) is 6.42 Å². The lowest BCUT2D eigenvalue weighted by molar-refractivity contribution is 0.409. The highest BCUT2D eigenvalue weighted by Gasteiger charge is 2.10. The van der Waals surface area contributed by atoms with E-state index in [2.05, 4.69) is 14.9 Å². The second kappa shape index (κ2) is 5.80. The summed E-state index contributed by atoms with van der Waals surface area (Å²) in [5.74, 6) is 1.37. The Labute approximate surface area is 114 Å². The predicted octanol–water partition coefficient (Wildman–Crippen LogP) is 2.14. The van der Waals surface area contributed by atoms with Crippen LogP contribution in [0.2, 0.25) is 0 Å². The maximum atomic E-state index is 6.00. The third-order valence-electron chi connectivity index (χ3n) is 3.06. The van der Waals surface area contributed by atoms with Crippen molar-refractivity contribution in [1.29, 1.82) is 0 Å². The molecule has 0 aliphatic rings. The van der Waals surface area contributed by atoms with Crippen LogP contribution in [0.25, 0.3) is 11.3 Å². The van der Waals surface area contributed by atoms with Crippen molar-refractivity contribution in [3.8, 4) is 11.3 Å². The zero-order chi connectivity index (χ0) is 13.8. The van der Waals surface area contributed by atoms with Crippen LogP contribution < -0.4 is 5.73 Å². The van der Waals surface area contributed by atoms with Gasteiger partial charge in [0, 0.05) is 24.1 Å². The predicted molar refractivity (Wildman–Crippen MR) is 78.9 cm³/mol. The van der Waals surface area contributed by atoms with Gasteiger partial charge in [-0.3, -0.25) is 0 Å². The summed E-state index contributed by atoms with van der Waals surface area (Å²) in [5.41, 5.74) is 8.96. The molecule has 4 nitrogen and oxygen atoms in total. The minimum absolute atomic E-state index is 0.572. The molecule has 1 heterocycles. The largest absolute Gasteiger partial charge is 0.383 e. The number of aromatic nitrogens is 2. The molecule has 0 saturated heterocycles. The maximum absolute atomic E-state index is 6.00. The monoisotopic (exact) mass is 256 g/mol. The second-order valence-corrected chi connectivity index (χ2v) is 4.92. The molecule has 1 aromatic carbocycles. The normalized spacial score (nSPS) is 10.9. The van der Waals surface area contributed by atoms with Crippen molar-refractivity contribution in [1.82, 2.24) is 14.9 Å². The Kier molecular flexibility index (Phi) is 4.12. The van der Waals surface area contributed by atoms with E-state index in [0.29, 0.717) is 5.82 Å². The first-order valence-electron chi connectivity index (χ1n) is 6.41. The summed E-state index contributed by atoms with van der Waals surface area (Å²) in [6.45, 7) is 2.88. The third-order valence-corrected chi connectivity index (χ3v) is 3.06. The first-order chi connectivity index (χ1) is 9.08. The number of nitrogens with zero attached hydrogens (tertiary/aromatic N) is 3. The standard InChI is InChI=1S/C15H20N4/c1-11-14(12-7-5-4-6-8-12)17-13(18-15(11)16)9-10-19(2)3/h4-8H,9-10H2,1-3H3,(H2,16,17,18). The minimum Gasteiger partial charge on any atom is -0.383 e. The number of benzene rings is 1. The van der Waals surface area contributed by atoms with Gasteiger partial charge in [-0.25, -0.2) is 9.97 Å². The van der Waals surface area contributed by atoms with Crippen LogP contribution in [0.15, 0.2) is 30.3 Å². The Hall–Kier alpha value is -1.94. The van der Waals surface area contributed by atoms with E-state index in [1.165, 1.54) is 0 Å². The zero-order valence-electron chi connectivity index (χ0n) is 11.7. The van der Waals surface area contributed by atoms with E-state index >= 15 is 0 Å². The summed E-state index contributed by atoms with van der Waals surface area (Å²) in [5, 5.41) is 0. The van der Waals surface area contributed by atoms with E-state index in [0.717, 1.165) is 35.6 Å². The number of anilines is 1. The lowest BCUT2D eigenvalue weighted by atomic mass is 10.1. The van der Waals surface area contributed by atoms with Crippen LogP contribution in [-0.4, -0.2) is 35.5 Å². The number of hydrogen-bond acceptors (Lipinski definition) is 4. The molecular formula is C15H20N4. The molecule has 0 bridgehead atoms. The molecule has 0 aliphatic heterocycles. The van der Waals surface area contributed by atoms with Crippen LogP contribution in [0.3, 0.4) is 0 Å². The Morgan fingerprint density at radius 3 is 2.42 bits per heavy atom. The molecule has 1 aromatic heterocycles. The van der Waals surface area contributed by atoms with Crippen molar-refractivity contribution in [3.05, 3.63) is 41.7 Å². The summed E-state index contributed by atoms with van der Waals surface area (Å²) < 4.78 is 0. The first-order valence-corrected chi connectivity index (χ1v) is 6.41. The molecule has 4 heteroatoms. The number of likely N-dealkylation sites (N-methyl/N-ethyl adjacent to an activating group) is 1. The van der Waals surface area contributed by atoms with E-state index in [1.54, 1.807) is 0 Å². The van der Waals surface area contributed by atoms with Crippen molar-refractivity contribution >= 4 is 5.82 Å². The van der Waals surface area contributed by atoms with Crippen LogP contribution in [0.5, 0.6) is 0 Å². The third kappa shape index (κ3) is 3.29. The molecule has 0 fully saturated rings. The van der Waals surface area contributed by atoms with Crippen LogP contribution in [0.1, 0.15) is 11.4 Å². The molecule has 0 atom stereocenters. The van der Waals surface area contributed by atoms with Crippen LogP contribution >= 0.6 is 0 Å². The summed E-state index contributed by atoms with van der Waals surface area (Å²) in [4.78, 5) is 11.1. The van der Waals surface area contributed by atoms with Crippen molar-refractivity contribution in [3.63, 3.8) is 0 Å². The van der Waals surface area contributed by atoms with Gasteiger partial charge in [0.25, 0.3) is 0 Å². The molecule has 0 spiro atoms. The number of hydrogen-bond donors (Lipinski definition) is 1. The second-order valence-electron chi connectivity index (χ2n) is 4.92. The van der Waals surface area contributed by atoms with Gasteiger partial charge in [-0.1, -0.05) is 30.3 Å². The van der Waals surface area contributed by atoms with E-state index in [4.69, 9.17) is 5.73 Å². The Bertz CT molecular complexity index is 550. The van der Waals surface area contributed by atoms with Crippen LogP contribution in [0.4, 0.5) is 5.82 Å². The average Bonchev–Trinajstić information content (AvgIpc) is 2.41. The van der Waals surface area contributed by atoms with Crippen molar-refractivity contribution < 1.29 is 0 Å². The van der Waals surface area contributed by atoms with Gasteiger partial charge in [0.1, 0.15) is 11.6 Å². The molecule has 0 saturated carbocycles. The summed E-state index contributed by atoms with van der Waals surface area (Å²) in [6, 6.07) is 10.1. The van der Waals surface area contributed by atoms with E-state index in [9.17, 15) is 0 Å². The van der Waals surface area contributed by atoms with E-state index in [1.807, 2.05) is 51.4 Å². The lowest BCUT2D eigenvalue weighted by Gasteiger charge is -2.12. The fourth-order valence-corrected chi connectivity index (χ4v) is 1.89. The maximum Gasteiger partial charge on any atom is 0.132 e. The quantitative estimate of drug-likeness (QED) is 0.910. The molecule has 0 aliphatic carbocycles. The van der Waals surface area contributed by atoms with Gasteiger partial charge in [-0.2, -0.15) is 0 Å². The molecule has 2 aromatic rings. The molecule has 2 N–H and O–H groups in total. The first kappa shape index (κ1) is 13.5. The summed E-state index contributed by atoms with van der Waals surface area (Å²) >= 11 is 0. The van der Waals surface area contributed by atoms with E-state index in [-0.39, 0.29) is 0 Å². The van der Waals surface area contributed by atoms with E-state index < -0.39 is 0 Å². The van der Waals surface area contributed by atoms with Crippen molar-refractivity contribution in [2.45, 2.75) is 13.3 Å². The zero-order valence-corrected chi connectivity index (χ0v) is 11.7. The number of nitrogens with two attached hydrogens (primary N) is 1. The van der Waals surface area contributed by atoms with Crippen molar-refractivity contribution in [2.24, 2.45) is 0 Å². The van der Waals surface area contributed by atoms with Gasteiger partial charge in [-0.15, -0.1) is 0 Å². The lowest BCUT2D eigenvalue weighted by Crippen LogP contribution is -2.17. The van der Waals surface area contributed by atoms with Crippen LogP contribution in [0, 0.1) is 6.92 Å². The Morgan fingerprint density at radius 1 is 1.11 bits per heavy atom. The SMILES string of the molecule is Cc1c(N)nc(CCN(C)C)nc1-c1ccccc1. The molecular weight excluding hydrogens is 236 g/mol. The highest BCUT2D eigenvalue weighted by molar-refractivity contribution is 5.67. The molecule has 0 radical (unpaired) electrons. The van der Waals surface area contributed by atoms with Gasteiger partial charge >= 0.3 is 0 Å². The molecule has 2 rings (SSSR count). The summed E-state index contributed by atoms with van der Waals surface area (Å²) in [6.07, 6.45) is 0.803.